The lowest BCUT2D eigenvalue weighted by Crippen LogP contribution is -2.48. The molecule has 0 spiro atoms. The molecule has 0 radical (unpaired) electrons. The van der Waals surface area contributed by atoms with Gasteiger partial charge in [-0.25, -0.2) is 8.42 Å². The van der Waals surface area contributed by atoms with Crippen LogP contribution in [-0.2, 0) is 26.0 Å². The maximum atomic E-state index is 14.4. The van der Waals surface area contributed by atoms with E-state index < -0.39 is 22.0 Å². The number of benzene rings is 3. The molecule has 266 valence electrons. The smallest absolute Gasteiger partial charge is 0.261 e. The second-order valence-corrected chi connectivity index (χ2v) is 14.4. The number of amides is 2. The summed E-state index contributed by atoms with van der Waals surface area (Å²) in [6.07, 6.45) is 1.95. The van der Waals surface area contributed by atoms with Crippen LogP contribution in [0.15, 0.2) is 77.7 Å². The van der Waals surface area contributed by atoms with Crippen molar-refractivity contribution in [2.75, 3.05) is 45.2 Å². The molecule has 12 heteroatoms. The topological polar surface area (TPSA) is 135 Å². The summed E-state index contributed by atoms with van der Waals surface area (Å²) in [7, 11) is -0.733. The van der Waals surface area contributed by atoms with Crippen LogP contribution in [0, 0.1) is 5.92 Å². The number of hydrogen-bond acceptors (Lipinski definition) is 8. The highest BCUT2D eigenvalue weighted by molar-refractivity contribution is 7.92. The number of nitrogens with zero attached hydrogens (tertiary/aromatic N) is 2. The molecule has 49 heavy (non-hydrogen) atoms. The molecule has 0 saturated heterocycles. The molecular weight excluding hydrogens is 646 g/mol. The first-order valence-corrected chi connectivity index (χ1v) is 18.2. The van der Waals surface area contributed by atoms with Crippen molar-refractivity contribution >= 4 is 27.5 Å². The summed E-state index contributed by atoms with van der Waals surface area (Å²) in [5.74, 6) is 0.150. The van der Waals surface area contributed by atoms with Crippen molar-refractivity contribution in [2.24, 2.45) is 5.92 Å². The Morgan fingerprint density at radius 2 is 1.80 bits per heavy atom. The Balaban J connectivity index is 1.63. The minimum absolute atomic E-state index is 0.0344. The number of rotatable bonds is 10. The maximum absolute atomic E-state index is 14.4. The fourth-order valence-corrected chi connectivity index (χ4v) is 6.74. The molecule has 4 rings (SSSR count). The van der Waals surface area contributed by atoms with Crippen LogP contribution in [0.1, 0.15) is 56.0 Å². The molecular formula is C37H49N3O8S. The van der Waals surface area contributed by atoms with Gasteiger partial charge in [0, 0.05) is 38.3 Å². The fourth-order valence-electron chi connectivity index (χ4n) is 5.69. The van der Waals surface area contributed by atoms with Crippen molar-refractivity contribution < 1.29 is 37.3 Å². The van der Waals surface area contributed by atoms with Gasteiger partial charge in [0.2, 0.25) is 5.91 Å². The van der Waals surface area contributed by atoms with Gasteiger partial charge in [0.25, 0.3) is 15.9 Å². The molecule has 2 N–H and O–H groups in total. The number of aliphatic hydroxyl groups is 1. The second-order valence-electron chi connectivity index (χ2n) is 12.7. The summed E-state index contributed by atoms with van der Waals surface area (Å²) >= 11 is 0. The minimum Gasteiger partial charge on any atom is -0.497 e. The third kappa shape index (κ3) is 10.4. The molecule has 0 saturated carbocycles. The van der Waals surface area contributed by atoms with E-state index in [-0.39, 0.29) is 59.8 Å². The summed E-state index contributed by atoms with van der Waals surface area (Å²) < 4.78 is 46.9. The monoisotopic (exact) mass is 695 g/mol. The third-order valence-electron chi connectivity index (χ3n) is 8.75. The van der Waals surface area contributed by atoms with Crippen LogP contribution in [0.25, 0.3) is 0 Å². The Hall–Kier alpha value is -4.13. The van der Waals surface area contributed by atoms with Crippen molar-refractivity contribution in [1.82, 2.24) is 9.80 Å². The number of carbonyl (C=O) groups is 2. The SMILES string of the molecule is COc1ccc(S(=O)(=O)Nc2ccc3c(c2)C(=O)N([C@H](C)CO)C[C@@H](C)[C@@H](CN(C)C(=O)Cc2ccccc2)OCCCC[C@@H](C)O3)cc1. The van der Waals surface area contributed by atoms with Gasteiger partial charge in [0.05, 0.1) is 48.8 Å². The Labute approximate surface area is 290 Å². The maximum Gasteiger partial charge on any atom is 0.261 e. The lowest BCUT2D eigenvalue weighted by molar-refractivity contribution is -0.131. The molecule has 0 aromatic heterocycles. The molecule has 0 bridgehead atoms. The Bertz CT molecular complexity index is 1640. The van der Waals surface area contributed by atoms with Crippen molar-refractivity contribution in [1.29, 1.82) is 0 Å². The van der Waals surface area contributed by atoms with Crippen LogP contribution in [0.3, 0.4) is 0 Å². The van der Waals surface area contributed by atoms with E-state index in [1.807, 2.05) is 44.2 Å². The van der Waals surface area contributed by atoms with E-state index in [9.17, 15) is 23.1 Å². The van der Waals surface area contributed by atoms with Gasteiger partial charge >= 0.3 is 0 Å². The zero-order chi connectivity index (χ0) is 35.6. The predicted octanol–water partition coefficient (Wildman–Crippen LogP) is 4.99. The lowest BCUT2D eigenvalue weighted by Gasteiger charge is -2.36. The average Bonchev–Trinajstić information content (AvgIpc) is 3.09. The van der Waals surface area contributed by atoms with Gasteiger partial charge in [-0.15, -0.1) is 0 Å². The molecule has 3 aromatic carbocycles. The van der Waals surface area contributed by atoms with Gasteiger partial charge in [-0.1, -0.05) is 37.3 Å². The summed E-state index contributed by atoms with van der Waals surface area (Å²) in [6.45, 7) is 6.37. The van der Waals surface area contributed by atoms with Crippen molar-refractivity contribution in [3.63, 3.8) is 0 Å². The Morgan fingerprint density at radius 3 is 2.47 bits per heavy atom. The summed E-state index contributed by atoms with van der Waals surface area (Å²) in [6, 6.07) is 19.6. The molecule has 1 aliphatic heterocycles. The summed E-state index contributed by atoms with van der Waals surface area (Å²) in [5, 5.41) is 10.2. The highest BCUT2D eigenvalue weighted by Gasteiger charge is 2.31. The van der Waals surface area contributed by atoms with Crippen LogP contribution >= 0.6 is 0 Å². The molecule has 4 atom stereocenters. The molecule has 0 fully saturated rings. The number of likely N-dealkylation sites (N-methyl/N-ethyl adjacent to an activating group) is 1. The highest BCUT2D eigenvalue weighted by Crippen LogP contribution is 2.30. The van der Waals surface area contributed by atoms with Crippen molar-refractivity contribution in [2.45, 2.75) is 69.6 Å². The number of hydrogen-bond donors (Lipinski definition) is 2. The number of methoxy groups -OCH3 is 1. The quantitative estimate of drug-likeness (QED) is 0.303. The summed E-state index contributed by atoms with van der Waals surface area (Å²) in [4.78, 5) is 30.8. The van der Waals surface area contributed by atoms with Gasteiger partial charge in [0.15, 0.2) is 0 Å². The van der Waals surface area contributed by atoms with Crippen molar-refractivity contribution in [3.8, 4) is 11.5 Å². The van der Waals surface area contributed by atoms with E-state index >= 15 is 0 Å². The first-order valence-electron chi connectivity index (χ1n) is 16.7. The van der Waals surface area contributed by atoms with Gasteiger partial charge in [-0.05, 0) is 81.1 Å². The van der Waals surface area contributed by atoms with E-state index in [2.05, 4.69) is 4.72 Å². The van der Waals surface area contributed by atoms with E-state index in [1.54, 1.807) is 48.0 Å². The number of nitrogens with one attached hydrogen (secondary N) is 1. The minimum atomic E-state index is -3.99. The number of carbonyl (C=O) groups excluding carboxylic acids is 2. The van der Waals surface area contributed by atoms with E-state index in [1.165, 1.54) is 25.3 Å². The summed E-state index contributed by atoms with van der Waals surface area (Å²) in [5.41, 5.74) is 1.28. The molecule has 3 aromatic rings. The highest BCUT2D eigenvalue weighted by atomic mass is 32.2. The largest absolute Gasteiger partial charge is 0.497 e. The van der Waals surface area contributed by atoms with E-state index in [0.717, 1.165) is 18.4 Å². The molecule has 1 heterocycles. The van der Waals surface area contributed by atoms with Crippen LogP contribution in [0.2, 0.25) is 0 Å². The predicted molar refractivity (Wildman–Crippen MR) is 188 cm³/mol. The molecule has 11 nitrogen and oxygen atoms in total. The first-order chi connectivity index (χ1) is 23.4. The van der Waals surface area contributed by atoms with E-state index in [4.69, 9.17) is 14.2 Å². The number of anilines is 1. The molecule has 2 amide bonds. The Kier molecular flexibility index (Phi) is 13.5. The van der Waals surface area contributed by atoms with Crippen LogP contribution in [0.4, 0.5) is 5.69 Å². The fraction of sp³-hybridized carbons (Fsp3) is 0.459. The van der Waals surface area contributed by atoms with Gasteiger partial charge in [-0.3, -0.25) is 14.3 Å². The number of ether oxygens (including phenoxy) is 3. The van der Waals surface area contributed by atoms with E-state index in [0.29, 0.717) is 31.1 Å². The number of sulfonamides is 1. The van der Waals surface area contributed by atoms with Crippen LogP contribution < -0.4 is 14.2 Å². The molecule has 1 aliphatic rings. The van der Waals surface area contributed by atoms with Gasteiger partial charge in [0.1, 0.15) is 11.5 Å². The zero-order valence-corrected chi connectivity index (χ0v) is 29.8. The number of fused-ring (bicyclic) bond motifs is 1. The van der Waals surface area contributed by atoms with Gasteiger partial charge < -0.3 is 29.1 Å². The zero-order valence-electron chi connectivity index (χ0n) is 29.0. The first kappa shape index (κ1) is 37.7. The molecule has 0 unspecified atom stereocenters. The lowest BCUT2D eigenvalue weighted by atomic mass is 10.0. The van der Waals surface area contributed by atoms with Gasteiger partial charge in [-0.2, -0.15) is 0 Å². The van der Waals surface area contributed by atoms with Crippen LogP contribution in [-0.4, -0.2) is 93.8 Å². The molecule has 0 aliphatic carbocycles. The normalized spacial score (nSPS) is 19.9. The second kappa shape index (κ2) is 17.5. The standard InChI is InChI=1S/C37H49N3O8S/c1-26-23-40(27(2)25-41)37(43)33-22-30(38-49(44,45)32-17-15-31(46-5)16-18-32)14-19-34(33)48-28(3)11-9-10-20-47-35(26)24-39(4)36(42)21-29-12-7-6-8-13-29/h6-8,12-19,22,26-28,35,38,41H,9-11,20-21,23-25H2,1-5H3/t26-,27-,28-,35-/m1/s1. The average molecular weight is 696 g/mol. The van der Waals surface area contributed by atoms with Crippen LogP contribution in [0.5, 0.6) is 11.5 Å². The Morgan fingerprint density at radius 1 is 1.08 bits per heavy atom. The number of aliphatic hydroxyl groups excluding tert-OH is 1. The third-order valence-corrected chi connectivity index (χ3v) is 10.1. The van der Waals surface area contributed by atoms with Crippen molar-refractivity contribution in [3.05, 3.63) is 83.9 Å².